The van der Waals surface area contributed by atoms with Gasteiger partial charge >= 0.3 is 17.9 Å². The van der Waals surface area contributed by atoms with Gasteiger partial charge in [-0.3, -0.25) is 0 Å². The first-order valence-electron chi connectivity index (χ1n) is 11.1. The molecule has 0 fully saturated rings. The topological polar surface area (TPSA) is 78.9 Å². The summed E-state index contributed by atoms with van der Waals surface area (Å²) in [6.07, 6.45) is 6.96. The van der Waals surface area contributed by atoms with Crippen LogP contribution in [0.2, 0.25) is 0 Å². The maximum absolute atomic E-state index is 10.7. The van der Waals surface area contributed by atoms with E-state index in [4.69, 9.17) is 4.74 Å². The van der Waals surface area contributed by atoms with Crippen LogP contribution in [0.25, 0.3) is 6.08 Å². The van der Waals surface area contributed by atoms with E-state index in [0.717, 1.165) is 25.7 Å². The molecule has 0 bridgehead atoms. The average molecular weight is 475 g/mol. The predicted octanol–water partition coefficient (Wildman–Crippen LogP) is 6.49. The average Bonchev–Trinajstić information content (AvgIpc) is 2.85. The van der Waals surface area contributed by atoms with Crippen molar-refractivity contribution in [1.29, 1.82) is 0 Å². The minimum absolute atomic E-state index is 0.284. The summed E-state index contributed by atoms with van der Waals surface area (Å²) in [7, 11) is 1.33. The zero-order valence-corrected chi connectivity index (χ0v) is 21.6. The quantitative estimate of drug-likeness (QED) is 0.167. The van der Waals surface area contributed by atoms with Gasteiger partial charge in [-0.25, -0.2) is 14.4 Å². The highest BCUT2D eigenvalue weighted by molar-refractivity contribution is 5.87. The van der Waals surface area contributed by atoms with E-state index in [0.29, 0.717) is 24.4 Å². The van der Waals surface area contributed by atoms with E-state index in [1.165, 1.54) is 18.7 Å². The van der Waals surface area contributed by atoms with Crippen LogP contribution in [0.4, 0.5) is 0 Å². The van der Waals surface area contributed by atoms with Crippen molar-refractivity contribution >= 4 is 24.0 Å². The molecule has 0 aromatic heterocycles. The molecular formula is C28H42O6. The molecule has 1 aromatic rings. The van der Waals surface area contributed by atoms with Crippen LogP contribution in [0.3, 0.4) is 0 Å². The van der Waals surface area contributed by atoms with Crippen LogP contribution in [-0.4, -0.2) is 38.2 Å². The molecule has 0 heterocycles. The predicted molar refractivity (Wildman–Crippen MR) is 140 cm³/mol. The van der Waals surface area contributed by atoms with Crippen molar-refractivity contribution in [2.45, 2.75) is 53.4 Å². The van der Waals surface area contributed by atoms with Gasteiger partial charge in [-0.2, -0.15) is 0 Å². The number of carbonyl (C=O) groups is 3. The zero-order valence-electron chi connectivity index (χ0n) is 21.6. The highest BCUT2D eigenvalue weighted by Gasteiger charge is 2.00. The Morgan fingerprint density at radius 1 is 0.824 bits per heavy atom. The molecule has 1 aromatic carbocycles. The van der Waals surface area contributed by atoms with Crippen LogP contribution in [0.1, 0.15) is 58.9 Å². The molecule has 0 saturated carbocycles. The van der Waals surface area contributed by atoms with Gasteiger partial charge in [0.1, 0.15) is 0 Å². The van der Waals surface area contributed by atoms with Gasteiger partial charge < -0.3 is 14.2 Å². The number of ether oxygens (including phenoxy) is 3. The third-order valence-corrected chi connectivity index (χ3v) is 3.56. The number of esters is 3. The first kappa shape index (κ1) is 35.2. The Morgan fingerprint density at radius 3 is 1.59 bits per heavy atom. The molecule has 0 spiro atoms. The van der Waals surface area contributed by atoms with E-state index in [9.17, 15) is 14.4 Å². The molecule has 6 nitrogen and oxygen atoms in total. The van der Waals surface area contributed by atoms with E-state index in [2.05, 4.69) is 42.7 Å². The van der Waals surface area contributed by atoms with Gasteiger partial charge in [-0.15, -0.1) is 0 Å². The van der Waals surface area contributed by atoms with Gasteiger partial charge in [0.2, 0.25) is 0 Å². The first-order valence-corrected chi connectivity index (χ1v) is 11.1. The Morgan fingerprint density at radius 2 is 1.29 bits per heavy atom. The molecule has 0 amide bonds. The summed E-state index contributed by atoms with van der Waals surface area (Å²) in [6.45, 7) is 22.1. The fraction of sp³-hybridized carbons (Fsp3) is 0.393. The summed E-state index contributed by atoms with van der Waals surface area (Å²) >= 11 is 0. The normalized spacial score (nSPS) is 8.50. The second kappa shape index (κ2) is 25.8. The van der Waals surface area contributed by atoms with Crippen molar-refractivity contribution in [3.63, 3.8) is 0 Å². The summed E-state index contributed by atoms with van der Waals surface area (Å²) in [4.78, 5) is 31.2. The smallest absolute Gasteiger partial charge is 0.333 e. The highest BCUT2D eigenvalue weighted by Crippen LogP contribution is 1.97. The van der Waals surface area contributed by atoms with E-state index in [1.807, 2.05) is 43.3 Å². The van der Waals surface area contributed by atoms with E-state index in [1.54, 1.807) is 13.8 Å². The van der Waals surface area contributed by atoms with Crippen LogP contribution < -0.4 is 0 Å². The number of hydrogen-bond donors (Lipinski definition) is 0. The highest BCUT2D eigenvalue weighted by atomic mass is 16.5. The molecule has 0 unspecified atom stereocenters. The Balaban J connectivity index is -0.000000380. The molecule has 0 N–H and O–H groups in total. The summed E-state index contributed by atoms with van der Waals surface area (Å²) < 4.78 is 13.8. The van der Waals surface area contributed by atoms with Crippen molar-refractivity contribution < 1.29 is 28.6 Å². The number of benzene rings is 1. The number of carbonyl (C=O) groups excluding carboxylic acids is 3. The Bertz CT molecular complexity index is 735. The molecule has 0 radical (unpaired) electrons. The first-order chi connectivity index (χ1) is 16.1. The standard InChI is InChI=1S/C8H14O2.C8H8.C7H12O2.C5H8O2/c1-4-5-6-10-8(9)7(2)3;1-2-8-6-4-3-5-7-8;1-3-5-6-9-7(8)4-2;1-4(2)5(6)7-3/h2,4-6H2,1,3H3;2-7H,1H2;4H,2-3,5-6H2,1H3;1H2,2-3H3. The van der Waals surface area contributed by atoms with Crippen molar-refractivity contribution in [1.82, 2.24) is 0 Å². The van der Waals surface area contributed by atoms with Crippen LogP contribution in [-0.2, 0) is 28.6 Å². The van der Waals surface area contributed by atoms with E-state index < -0.39 is 0 Å². The zero-order chi connectivity index (χ0) is 26.8. The minimum Gasteiger partial charge on any atom is -0.466 e. The van der Waals surface area contributed by atoms with E-state index >= 15 is 0 Å². The molecule has 0 saturated heterocycles. The summed E-state index contributed by atoms with van der Waals surface area (Å²) in [5.74, 6) is -0.961. The molecular weight excluding hydrogens is 432 g/mol. The molecule has 0 aliphatic rings. The Hall–Kier alpha value is -3.41. The molecule has 6 heteroatoms. The lowest BCUT2D eigenvalue weighted by Crippen LogP contribution is -2.05. The SMILES string of the molecule is C=C(C)C(=O)OC.C=C(C)C(=O)OCCCC.C=CC(=O)OCCCC.C=Cc1ccccc1. The second-order valence-electron chi connectivity index (χ2n) is 6.88. The Labute approximate surface area is 206 Å². The minimum atomic E-state index is -0.347. The maximum atomic E-state index is 10.7. The molecule has 34 heavy (non-hydrogen) atoms. The molecule has 0 aliphatic heterocycles. The number of unbranched alkanes of at least 4 members (excludes halogenated alkanes) is 2. The van der Waals surface area contributed by atoms with Crippen molar-refractivity contribution in [2.75, 3.05) is 20.3 Å². The van der Waals surface area contributed by atoms with Gasteiger partial charge in [0, 0.05) is 17.2 Å². The van der Waals surface area contributed by atoms with Gasteiger partial charge in [0.25, 0.3) is 0 Å². The second-order valence-corrected chi connectivity index (χ2v) is 6.88. The van der Waals surface area contributed by atoms with Crippen LogP contribution >= 0.6 is 0 Å². The Kier molecular flexibility index (Phi) is 26.7. The lowest BCUT2D eigenvalue weighted by atomic mass is 10.2. The fourth-order valence-corrected chi connectivity index (χ4v) is 1.57. The van der Waals surface area contributed by atoms with Crippen LogP contribution in [0, 0.1) is 0 Å². The van der Waals surface area contributed by atoms with Crippen molar-refractivity contribution in [3.05, 3.63) is 79.4 Å². The van der Waals surface area contributed by atoms with Crippen LogP contribution in [0.5, 0.6) is 0 Å². The number of rotatable bonds is 10. The summed E-state index contributed by atoms with van der Waals surface area (Å²) in [5, 5.41) is 0. The third-order valence-electron chi connectivity index (χ3n) is 3.56. The van der Waals surface area contributed by atoms with E-state index in [-0.39, 0.29) is 17.9 Å². The fourth-order valence-electron chi connectivity index (χ4n) is 1.57. The maximum Gasteiger partial charge on any atom is 0.333 e. The molecule has 0 aliphatic carbocycles. The molecule has 190 valence electrons. The lowest BCUT2D eigenvalue weighted by Gasteiger charge is -2.01. The lowest BCUT2D eigenvalue weighted by molar-refractivity contribution is -0.139. The third kappa shape index (κ3) is 26.6. The van der Waals surface area contributed by atoms with Gasteiger partial charge in [0.05, 0.1) is 20.3 Å². The molecule has 1 rings (SSSR count). The van der Waals surface area contributed by atoms with Gasteiger partial charge in [-0.05, 0) is 32.3 Å². The van der Waals surface area contributed by atoms with Crippen LogP contribution in [0.15, 0.2) is 73.9 Å². The summed E-state index contributed by atoms with van der Waals surface area (Å²) in [6, 6.07) is 10.0. The van der Waals surface area contributed by atoms with Crippen molar-refractivity contribution in [3.8, 4) is 0 Å². The molecule has 0 atom stereocenters. The van der Waals surface area contributed by atoms with Gasteiger partial charge in [0.15, 0.2) is 0 Å². The monoisotopic (exact) mass is 474 g/mol. The largest absolute Gasteiger partial charge is 0.466 e. The summed E-state index contributed by atoms with van der Waals surface area (Å²) in [5.41, 5.74) is 2.08. The van der Waals surface area contributed by atoms with Crippen molar-refractivity contribution in [2.24, 2.45) is 0 Å². The van der Waals surface area contributed by atoms with Gasteiger partial charge in [-0.1, -0.05) is 89.4 Å². The number of methoxy groups -OCH3 is 1. The number of hydrogen-bond acceptors (Lipinski definition) is 6.